The van der Waals surface area contributed by atoms with Gasteiger partial charge in [0.15, 0.2) is 0 Å². The Morgan fingerprint density at radius 1 is 1.06 bits per heavy atom. The van der Waals surface area contributed by atoms with Crippen LogP contribution < -0.4 is 10.2 Å². The number of fused-ring (bicyclic) bond motifs is 1. The second-order valence-electron chi connectivity index (χ2n) is 8.02. The van der Waals surface area contributed by atoms with Crippen molar-refractivity contribution in [3.8, 4) is 0 Å². The molecule has 2 N–H and O–H groups in total. The molecule has 1 aromatic carbocycles. The fourth-order valence-electron chi connectivity index (χ4n) is 3.73. The topological polar surface area (TPSA) is 107 Å². The Morgan fingerprint density at radius 3 is 2.45 bits per heavy atom. The summed E-state index contributed by atoms with van der Waals surface area (Å²) in [7, 11) is 0. The largest absolute Gasteiger partial charge is 0.480 e. The normalized spacial score (nSPS) is 15.9. The lowest BCUT2D eigenvalue weighted by Gasteiger charge is -2.34. The maximum Gasteiger partial charge on any atom is 0.326 e. The second-order valence-corrected chi connectivity index (χ2v) is 8.02. The minimum Gasteiger partial charge on any atom is -0.480 e. The van der Waals surface area contributed by atoms with Gasteiger partial charge in [-0.25, -0.2) is 24.7 Å². The van der Waals surface area contributed by atoms with Gasteiger partial charge in [0.05, 0.1) is 12.1 Å². The van der Waals surface area contributed by atoms with Gasteiger partial charge in [-0.1, -0.05) is 26.0 Å². The van der Waals surface area contributed by atoms with E-state index in [9.17, 15) is 9.90 Å². The number of benzene rings is 1. The molecule has 2 aromatic heterocycles. The van der Waals surface area contributed by atoms with Crippen molar-refractivity contribution in [2.45, 2.75) is 26.4 Å². The number of carbonyl (C=O) groups is 1. The van der Waals surface area contributed by atoms with Gasteiger partial charge in [-0.15, -0.1) is 0 Å². The first-order valence-corrected chi connectivity index (χ1v) is 10.5. The summed E-state index contributed by atoms with van der Waals surface area (Å²) in [5.41, 5.74) is 0.805. The van der Waals surface area contributed by atoms with Gasteiger partial charge in [-0.3, -0.25) is 4.90 Å². The Morgan fingerprint density at radius 2 is 1.77 bits per heavy atom. The third kappa shape index (κ3) is 4.88. The van der Waals surface area contributed by atoms with Crippen LogP contribution in [0.15, 0.2) is 42.7 Å². The number of nitrogens with one attached hydrogen (secondary N) is 1. The van der Waals surface area contributed by atoms with E-state index in [1.165, 1.54) is 0 Å². The number of carboxylic acids is 1. The Balaban J connectivity index is 1.51. The van der Waals surface area contributed by atoms with Crippen LogP contribution in [0.4, 0.5) is 11.8 Å². The van der Waals surface area contributed by atoms with Crippen LogP contribution in [0.5, 0.6) is 0 Å². The molecule has 0 spiro atoms. The average Bonchev–Trinajstić information content (AvgIpc) is 2.78. The molecule has 0 aliphatic carbocycles. The van der Waals surface area contributed by atoms with E-state index in [2.05, 4.69) is 25.1 Å². The Labute approximate surface area is 181 Å². The molecule has 9 heteroatoms. The third-order valence-corrected chi connectivity index (χ3v) is 5.45. The van der Waals surface area contributed by atoms with Gasteiger partial charge in [-0.05, 0) is 24.1 Å². The number of carboxylic acid groups (broad SMARTS) is 1. The molecular weight excluding hydrogens is 394 g/mol. The minimum absolute atomic E-state index is 0.0806. The van der Waals surface area contributed by atoms with Crippen LogP contribution in [-0.2, 0) is 11.3 Å². The standard InChI is InChI=1S/C22H27N7O2/c1-15(2)19(21(30)31)27-20-16-6-3-4-7-17(16)25-18(26-20)14-28-10-12-29(13-11-28)22-23-8-5-9-24-22/h3-9,15,19H,10-14H2,1-2H3,(H,30,31)(H,25,26,27). The molecule has 1 aliphatic heterocycles. The first kappa shape index (κ1) is 20.9. The highest BCUT2D eigenvalue weighted by molar-refractivity contribution is 5.91. The fourth-order valence-corrected chi connectivity index (χ4v) is 3.73. The number of hydrogen-bond donors (Lipinski definition) is 2. The zero-order valence-electron chi connectivity index (χ0n) is 17.8. The highest BCUT2D eigenvalue weighted by Crippen LogP contribution is 2.23. The van der Waals surface area contributed by atoms with E-state index in [1.807, 2.05) is 44.2 Å². The lowest BCUT2D eigenvalue weighted by molar-refractivity contribution is -0.138. The third-order valence-electron chi connectivity index (χ3n) is 5.45. The predicted octanol–water partition coefficient (Wildman–Crippen LogP) is 2.26. The monoisotopic (exact) mass is 421 g/mol. The van der Waals surface area contributed by atoms with E-state index in [0.29, 0.717) is 18.2 Å². The van der Waals surface area contributed by atoms with E-state index < -0.39 is 12.0 Å². The number of piperazine rings is 1. The SMILES string of the molecule is CC(C)C(Nc1nc(CN2CCN(c3ncccn3)CC2)nc2ccccc12)C(=O)O. The Kier molecular flexibility index (Phi) is 6.22. The van der Waals surface area contributed by atoms with Crippen molar-refractivity contribution in [2.24, 2.45) is 5.92 Å². The first-order chi connectivity index (χ1) is 15.0. The van der Waals surface area contributed by atoms with E-state index >= 15 is 0 Å². The van der Waals surface area contributed by atoms with Crippen LogP contribution in [0.25, 0.3) is 10.9 Å². The summed E-state index contributed by atoms with van der Waals surface area (Å²) < 4.78 is 0. The predicted molar refractivity (Wildman–Crippen MR) is 119 cm³/mol. The smallest absolute Gasteiger partial charge is 0.326 e. The summed E-state index contributed by atoms with van der Waals surface area (Å²) in [4.78, 5) is 34.3. The van der Waals surface area contributed by atoms with Gasteiger partial charge in [0.25, 0.3) is 0 Å². The maximum absolute atomic E-state index is 11.7. The number of nitrogens with zero attached hydrogens (tertiary/aromatic N) is 6. The minimum atomic E-state index is -0.890. The van der Waals surface area contributed by atoms with Crippen molar-refractivity contribution in [3.05, 3.63) is 48.5 Å². The lowest BCUT2D eigenvalue weighted by atomic mass is 10.0. The summed E-state index contributed by atoms with van der Waals surface area (Å²) >= 11 is 0. The fraction of sp³-hybridized carbons (Fsp3) is 0.409. The molecule has 3 aromatic rings. The van der Waals surface area contributed by atoms with Crippen molar-refractivity contribution >= 4 is 28.6 Å². The second kappa shape index (κ2) is 9.22. The molecule has 1 saturated heterocycles. The van der Waals surface area contributed by atoms with Crippen LogP contribution in [-0.4, -0.2) is 68.1 Å². The molecule has 3 heterocycles. The van der Waals surface area contributed by atoms with E-state index in [1.54, 1.807) is 12.4 Å². The molecule has 0 radical (unpaired) electrons. The average molecular weight is 422 g/mol. The summed E-state index contributed by atoms with van der Waals surface area (Å²) in [5.74, 6) is 1.03. The molecule has 1 atom stereocenters. The lowest BCUT2D eigenvalue weighted by Crippen LogP contribution is -2.46. The molecule has 0 saturated carbocycles. The maximum atomic E-state index is 11.7. The van der Waals surface area contributed by atoms with Crippen LogP contribution in [0, 0.1) is 5.92 Å². The number of aromatic nitrogens is 4. The zero-order chi connectivity index (χ0) is 21.8. The van der Waals surface area contributed by atoms with Crippen LogP contribution in [0.3, 0.4) is 0 Å². The summed E-state index contributed by atoms with van der Waals surface area (Å²) in [6, 6.07) is 8.78. The summed E-state index contributed by atoms with van der Waals surface area (Å²) in [6.45, 7) is 7.72. The molecule has 1 aliphatic rings. The Hall–Kier alpha value is -3.33. The molecule has 0 bridgehead atoms. The number of hydrogen-bond acceptors (Lipinski definition) is 8. The molecule has 0 amide bonds. The van der Waals surface area contributed by atoms with Gasteiger partial charge in [-0.2, -0.15) is 0 Å². The molecule has 162 valence electrons. The van der Waals surface area contributed by atoms with Crippen molar-refractivity contribution in [2.75, 3.05) is 36.4 Å². The summed E-state index contributed by atoms with van der Waals surface area (Å²) in [5, 5.41) is 13.6. The first-order valence-electron chi connectivity index (χ1n) is 10.5. The highest BCUT2D eigenvalue weighted by Gasteiger charge is 2.24. The van der Waals surface area contributed by atoms with Crippen molar-refractivity contribution in [1.82, 2.24) is 24.8 Å². The van der Waals surface area contributed by atoms with Crippen molar-refractivity contribution < 1.29 is 9.90 Å². The molecule has 1 fully saturated rings. The van der Waals surface area contributed by atoms with Crippen molar-refractivity contribution in [1.29, 1.82) is 0 Å². The van der Waals surface area contributed by atoms with Gasteiger partial charge in [0.1, 0.15) is 17.7 Å². The summed E-state index contributed by atoms with van der Waals surface area (Å²) in [6.07, 6.45) is 3.52. The van der Waals surface area contributed by atoms with Gasteiger partial charge in [0, 0.05) is 44.0 Å². The van der Waals surface area contributed by atoms with E-state index in [4.69, 9.17) is 9.97 Å². The van der Waals surface area contributed by atoms with Crippen LogP contribution in [0.1, 0.15) is 19.7 Å². The number of aliphatic carboxylic acids is 1. The van der Waals surface area contributed by atoms with Crippen molar-refractivity contribution in [3.63, 3.8) is 0 Å². The van der Waals surface area contributed by atoms with E-state index in [0.717, 1.165) is 43.0 Å². The molecule has 1 unspecified atom stereocenters. The number of rotatable bonds is 7. The molecule has 9 nitrogen and oxygen atoms in total. The van der Waals surface area contributed by atoms with Gasteiger partial charge in [0.2, 0.25) is 5.95 Å². The quantitative estimate of drug-likeness (QED) is 0.594. The number of para-hydroxylation sites is 1. The van der Waals surface area contributed by atoms with Gasteiger partial charge >= 0.3 is 5.97 Å². The Bertz CT molecular complexity index is 1040. The molecule has 4 rings (SSSR count). The van der Waals surface area contributed by atoms with Crippen LogP contribution >= 0.6 is 0 Å². The highest BCUT2D eigenvalue weighted by atomic mass is 16.4. The molecular formula is C22H27N7O2. The molecule has 31 heavy (non-hydrogen) atoms. The van der Waals surface area contributed by atoms with E-state index in [-0.39, 0.29) is 5.92 Å². The zero-order valence-corrected chi connectivity index (χ0v) is 17.8. The van der Waals surface area contributed by atoms with Crippen LogP contribution in [0.2, 0.25) is 0 Å². The number of anilines is 2. The van der Waals surface area contributed by atoms with Gasteiger partial charge < -0.3 is 15.3 Å².